The number of aromatic nitrogens is 6. The first-order valence-corrected chi connectivity index (χ1v) is 7.36. The van der Waals surface area contributed by atoms with Crippen molar-refractivity contribution in [3.8, 4) is 11.4 Å². The molecule has 25 heavy (non-hydrogen) atoms. The van der Waals surface area contributed by atoms with Crippen LogP contribution in [-0.4, -0.2) is 29.7 Å². The highest BCUT2D eigenvalue weighted by atomic mass is 19.4. The number of halogens is 3. The maximum Gasteiger partial charge on any atom is 0.453 e. The molecule has 0 unspecified atom stereocenters. The molecule has 0 spiro atoms. The van der Waals surface area contributed by atoms with Crippen LogP contribution in [0.15, 0.2) is 48.9 Å². The minimum atomic E-state index is -4.58. The van der Waals surface area contributed by atoms with Crippen LogP contribution in [0.2, 0.25) is 0 Å². The molecular weight excluding hydrogens is 333 g/mol. The van der Waals surface area contributed by atoms with Crippen LogP contribution in [0.4, 0.5) is 13.2 Å². The normalized spacial score (nSPS) is 12.0. The summed E-state index contributed by atoms with van der Waals surface area (Å²) in [5.74, 6) is -0.466. The first-order valence-electron chi connectivity index (χ1n) is 7.36. The summed E-state index contributed by atoms with van der Waals surface area (Å²) in [6.45, 7) is 0.0923. The molecule has 0 aliphatic carbocycles. The first-order chi connectivity index (χ1) is 12.0. The van der Waals surface area contributed by atoms with E-state index in [1.165, 1.54) is 0 Å². The number of benzene rings is 1. The lowest BCUT2D eigenvalue weighted by Crippen LogP contribution is -2.08. The molecule has 0 saturated carbocycles. The molecule has 0 fully saturated rings. The van der Waals surface area contributed by atoms with E-state index < -0.39 is 12.0 Å². The minimum absolute atomic E-state index is 0.0923. The SMILES string of the molecule is FC(F)(F)c1n[nH]c(Cn2ccnc2-c2cccc3ncccc23)n1. The van der Waals surface area contributed by atoms with Gasteiger partial charge in [-0.15, -0.1) is 5.10 Å². The first kappa shape index (κ1) is 15.3. The van der Waals surface area contributed by atoms with Gasteiger partial charge < -0.3 is 4.57 Å². The van der Waals surface area contributed by atoms with Crippen LogP contribution in [0.3, 0.4) is 0 Å². The molecule has 0 atom stereocenters. The summed E-state index contributed by atoms with van der Waals surface area (Å²) in [5, 5.41) is 6.45. The number of alkyl halides is 3. The van der Waals surface area contributed by atoms with Crippen molar-refractivity contribution in [3.63, 3.8) is 0 Å². The number of fused-ring (bicyclic) bond motifs is 1. The lowest BCUT2D eigenvalue weighted by Gasteiger charge is -2.08. The largest absolute Gasteiger partial charge is 0.453 e. The van der Waals surface area contributed by atoms with Gasteiger partial charge in [0.05, 0.1) is 12.1 Å². The monoisotopic (exact) mass is 344 g/mol. The maximum absolute atomic E-state index is 12.6. The Hall–Kier alpha value is -3.23. The van der Waals surface area contributed by atoms with E-state index in [1.54, 1.807) is 23.2 Å². The lowest BCUT2D eigenvalue weighted by molar-refractivity contribution is -0.144. The molecule has 3 aromatic heterocycles. The van der Waals surface area contributed by atoms with Crippen molar-refractivity contribution < 1.29 is 13.2 Å². The van der Waals surface area contributed by atoms with Crippen molar-refractivity contribution >= 4 is 10.9 Å². The predicted molar refractivity (Wildman–Crippen MR) is 83.5 cm³/mol. The highest BCUT2D eigenvalue weighted by molar-refractivity contribution is 5.92. The van der Waals surface area contributed by atoms with Gasteiger partial charge in [0.15, 0.2) is 0 Å². The minimum Gasteiger partial charge on any atom is -0.323 e. The third kappa shape index (κ3) is 2.84. The van der Waals surface area contributed by atoms with Crippen LogP contribution in [0.1, 0.15) is 11.6 Å². The van der Waals surface area contributed by atoms with E-state index in [9.17, 15) is 13.2 Å². The molecular formula is C16H11F3N6. The number of pyridine rings is 1. The lowest BCUT2D eigenvalue weighted by atomic mass is 10.1. The molecule has 0 bridgehead atoms. The number of aromatic amines is 1. The highest BCUT2D eigenvalue weighted by Gasteiger charge is 2.36. The van der Waals surface area contributed by atoms with Gasteiger partial charge >= 0.3 is 6.18 Å². The molecule has 126 valence electrons. The topological polar surface area (TPSA) is 72.3 Å². The quantitative estimate of drug-likeness (QED) is 0.619. The van der Waals surface area contributed by atoms with Gasteiger partial charge in [0.1, 0.15) is 11.6 Å². The number of nitrogens with zero attached hydrogens (tertiary/aromatic N) is 5. The molecule has 0 aliphatic rings. The number of H-pyrrole nitrogens is 1. The molecule has 0 saturated heterocycles. The Morgan fingerprint density at radius 3 is 2.72 bits per heavy atom. The van der Waals surface area contributed by atoms with E-state index in [0.29, 0.717) is 5.82 Å². The zero-order valence-corrected chi connectivity index (χ0v) is 12.7. The van der Waals surface area contributed by atoms with Crippen molar-refractivity contribution in [3.05, 3.63) is 60.6 Å². The number of imidazole rings is 1. The molecule has 4 rings (SSSR count). The Labute approximate surface area is 139 Å². The molecule has 0 radical (unpaired) electrons. The fourth-order valence-electron chi connectivity index (χ4n) is 2.63. The fourth-order valence-corrected chi connectivity index (χ4v) is 2.63. The van der Waals surface area contributed by atoms with Crippen LogP contribution < -0.4 is 0 Å². The zero-order chi connectivity index (χ0) is 17.4. The fraction of sp³-hybridized carbons (Fsp3) is 0.125. The molecule has 1 N–H and O–H groups in total. The number of nitrogens with one attached hydrogen (secondary N) is 1. The van der Waals surface area contributed by atoms with Crippen LogP contribution >= 0.6 is 0 Å². The number of hydrogen-bond acceptors (Lipinski definition) is 4. The van der Waals surface area contributed by atoms with Crippen molar-refractivity contribution in [2.24, 2.45) is 0 Å². The van der Waals surface area contributed by atoms with Gasteiger partial charge in [-0.2, -0.15) is 13.2 Å². The van der Waals surface area contributed by atoms with Crippen molar-refractivity contribution in [1.29, 1.82) is 0 Å². The standard InChI is InChI=1S/C16H11F3N6/c17-16(18,19)15-22-13(23-24-15)9-25-8-7-21-14(25)11-3-1-5-12-10(11)4-2-6-20-12/h1-8H,9H2,(H,22,23,24). The zero-order valence-electron chi connectivity index (χ0n) is 12.7. The Bertz CT molecular complexity index is 1030. The van der Waals surface area contributed by atoms with E-state index in [2.05, 4.69) is 25.1 Å². The van der Waals surface area contributed by atoms with Crippen LogP contribution in [-0.2, 0) is 12.7 Å². The van der Waals surface area contributed by atoms with Crippen LogP contribution in [0, 0.1) is 0 Å². The second-order valence-corrected chi connectivity index (χ2v) is 5.36. The summed E-state index contributed by atoms with van der Waals surface area (Å²) in [7, 11) is 0. The van der Waals surface area contributed by atoms with Gasteiger partial charge in [-0.1, -0.05) is 18.2 Å². The summed E-state index contributed by atoms with van der Waals surface area (Å²) in [6.07, 6.45) is 0.394. The van der Waals surface area contributed by atoms with Gasteiger partial charge in [0.25, 0.3) is 5.82 Å². The predicted octanol–water partition coefficient (Wildman–Crippen LogP) is 3.28. The van der Waals surface area contributed by atoms with E-state index >= 15 is 0 Å². The summed E-state index contributed by atoms with van der Waals surface area (Å²) in [6, 6.07) is 9.39. The van der Waals surface area contributed by atoms with E-state index in [0.717, 1.165) is 16.5 Å². The Balaban J connectivity index is 1.72. The summed E-state index contributed by atoms with van der Waals surface area (Å²) in [5.41, 5.74) is 1.65. The van der Waals surface area contributed by atoms with E-state index in [1.807, 2.05) is 30.3 Å². The molecule has 6 nitrogen and oxygen atoms in total. The van der Waals surface area contributed by atoms with Gasteiger partial charge in [0.2, 0.25) is 0 Å². The van der Waals surface area contributed by atoms with Gasteiger partial charge in [-0.25, -0.2) is 9.97 Å². The third-order valence-electron chi connectivity index (χ3n) is 3.71. The van der Waals surface area contributed by atoms with E-state index in [4.69, 9.17) is 0 Å². The van der Waals surface area contributed by atoms with Crippen LogP contribution in [0.5, 0.6) is 0 Å². The highest BCUT2D eigenvalue weighted by Crippen LogP contribution is 2.28. The number of rotatable bonds is 3. The Morgan fingerprint density at radius 1 is 1.04 bits per heavy atom. The van der Waals surface area contributed by atoms with Crippen molar-refractivity contribution in [1.82, 2.24) is 29.7 Å². The van der Waals surface area contributed by atoms with Gasteiger partial charge in [0, 0.05) is 29.5 Å². The molecule has 0 amide bonds. The van der Waals surface area contributed by atoms with Gasteiger partial charge in [-0.3, -0.25) is 10.1 Å². The molecule has 9 heteroatoms. The molecule has 4 aromatic rings. The molecule has 0 aliphatic heterocycles. The number of hydrogen-bond donors (Lipinski definition) is 1. The summed E-state index contributed by atoms with van der Waals surface area (Å²) in [4.78, 5) is 12.1. The maximum atomic E-state index is 12.6. The van der Waals surface area contributed by atoms with E-state index in [-0.39, 0.29) is 12.4 Å². The average molecular weight is 344 g/mol. The summed E-state index contributed by atoms with van der Waals surface area (Å²) < 4.78 is 39.6. The van der Waals surface area contributed by atoms with Crippen LogP contribution in [0.25, 0.3) is 22.3 Å². The third-order valence-corrected chi connectivity index (χ3v) is 3.71. The van der Waals surface area contributed by atoms with Crippen molar-refractivity contribution in [2.45, 2.75) is 12.7 Å². The Kier molecular flexibility index (Phi) is 3.48. The summed E-state index contributed by atoms with van der Waals surface area (Å²) >= 11 is 0. The Morgan fingerprint density at radius 2 is 1.92 bits per heavy atom. The molecule has 3 heterocycles. The molecule has 1 aromatic carbocycles. The second-order valence-electron chi connectivity index (χ2n) is 5.36. The average Bonchev–Trinajstić information content (AvgIpc) is 3.24. The van der Waals surface area contributed by atoms with Gasteiger partial charge in [-0.05, 0) is 12.1 Å². The van der Waals surface area contributed by atoms with Crippen molar-refractivity contribution in [2.75, 3.05) is 0 Å². The smallest absolute Gasteiger partial charge is 0.323 e. The second kappa shape index (κ2) is 5.69.